The summed E-state index contributed by atoms with van der Waals surface area (Å²) in [6, 6.07) is 6.06. The van der Waals surface area contributed by atoms with Crippen molar-refractivity contribution in [2.75, 3.05) is 13.1 Å². The van der Waals surface area contributed by atoms with Gasteiger partial charge in [-0.2, -0.15) is 0 Å². The van der Waals surface area contributed by atoms with Gasteiger partial charge in [0.2, 0.25) is 11.8 Å². The summed E-state index contributed by atoms with van der Waals surface area (Å²) >= 11 is 0. The van der Waals surface area contributed by atoms with E-state index in [9.17, 15) is 14.0 Å². The van der Waals surface area contributed by atoms with E-state index in [1.54, 1.807) is 18.2 Å². The number of carbonyl (C=O) groups is 2. The molecule has 0 spiro atoms. The van der Waals surface area contributed by atoms with Crippen molar-refractivity contribution in [2.24, 2.45) is 5.92 Å². The van der Waals surface area contributed by atoms with E-state index in [0.717, 1.165) is 0 Å². The Morgan fingerprint density at radius 3 is 2.71 bits per heavy atom. The molecule has 4 nitrogen and oxygen atoms in total. The molecule has 1 atom stereocenters. The summed E-state index contributed by atoms with van der Waals surface area (Å²) in [4.78, 5) is 25.6. The molecule has 5 heteroatoms. The average molecular weight is 292 g/mol. The first-order valence-corrected chi connectivity index (χ1v) is 7.29. The fourth-order valence-electron chi connectivity index (χ4n) is 2.55. The summed E-state index contributed by atoms with van der Waals surface area (Å²) < 4.78 is 13.6. The van der Waals surface area contributed by atoms with Crippen LogP contribution in [0.1, 0.15) is 25.8 Å². The highest BCUT2D eigenvalue weighted by atomic mass is 19.1. The summed E-state index contributed by atoms with van der Waals surface area (Å²) in [6.07, 6.45) is 1.04. The summed E-state index contributed by atoms with van der Waals surface area (Å²) in [5, 5.41) is 2.73. The maximum absolute atomic E-state index is 13.6. The number of benzene rings is 1. The lowest BCUT2D eigenvalue weighted by molar-refractivity contribution is -0.144. The SMILES string of the molecule is CC(C)CC1NC(=O)CN(CCc2ccccc2F)C1=O. The number of nitrogens with zero attached hydrogens (tertiary/aromatic N) is 1. The van der Waals surface area contributed by atoms with Crippen LogP contribution in [0.4, 0.5) is 4.39 Å². The second-order valence-electron chi connectivity index (χ2n) is 5.85. The molecule has 114 valence electrons. The highest BCUT2D eigenvalue weighted by Gasteiger charge is 2.32. The van der Waals surface area contributed by atoms with Gasteiger partial charge in [0.1, 0.15) is 11.9 Å². The first-order valence-electron chi connectivity index (χ1n) is 7.29. The topological polar surface area (TPSA) is 49.4 Å². The molecule has 1 N–H and O–H groups in total. The smallest absolute Gasteiger partial charge is 0.245 e. The molecule has 0 saturated carbocycles. The Labute approximate surface area is 124 Å². The normalized spacial score (nSPS) is 19.0. The van der Waals surface area contributed by atoms with Crippen molar-refractivity contribution in [2.45, 2.75) is 32.7 Å². The molecule has 21 heavy (non-hydrogen) atoms. The van der Waals surface area contributed by atoms with E-state index in [0.29, 0.717) is 30.9 Å². The Morgan fingerprint density at radius 2 is 2.05 bits per heavy atom. The third-order valence-electron chi connectivity index (χ3n) is 3.60. The molecule has 1 saturated heterocycles. The zero-order valence-corrected chi connectivity index (χ0v) is 12.4. The monoisotopic (exact) mass is 292 g/mol. The minimum atomic E-state index is -0.452. The van der Waals surface area contributed by atoms with Gasteiger partial charge in [-0.3, -0.25) is 9.59 Å². The number of carbonyl (C=O) groups excluding carboxylic acids is 2. The molecule has 1 aromatic carbocycles. The molecular formula is C16H21FN2O2. The van der Waals surface area contributed by atoms with Crippen molar-refractivity contribution in [3.05, 3.63) is 35.6 Å². The number of rotatable bonds is 5. The Balaban J connectivity index is 2.00. The van der Waals surface area contributed by atoms with Crippen molar-refractivity contribution in [1.82, 2.24) is 10.2 Å². The lowest BCUT2D eigenvalue weighted by atomic mass is 10.0. The van der Waals surface area contributed by atoms with Crippen LogP contribution in [0.5, 0.6) is 0 Å². The molecule has 1 heterocycles. The van der Waals surface area contributed by atoms with Gasteiger partial charge in [-0.25, -0.2) is 4.39 Å². The Bertz CT molecular complexity index is 531. The largest absolute Gasteiger partial charge is 0.343 e. The lowest BCUT2D eigenvalue weighted by Gasteiger charge is -2.33. The molecule has 1 aliphatic rings. The van der Waals surface area contributed by atoms with Crippen molar-refractivity contribution in [3.8, 4) is 0 Å². The predicted molar refractivity (Wildman–Crippen MR) is 78.1 cm³/mol. The molecule has 2 rings (SSSR count). The quantitative estimate of drug-likeness (QED) is 0.898. The van der Waals surface area contributed by atoms with Crippen molar-refractivity contribution >= 4 is 11.8 Å². The Kier molecular flexibility index (Phi) is 4.94. The van der Waals surface area contributed by atoms with Gasteiger partial charge in [-0.15, -0.1) is 0 Å². The summed E-state index contributed by atoms with van der Waals surface area (Å²) in [5.41, 5.74) is 0.566. The lowest BCUT2D eigenvalue weighted by Crippen LogP contribution is -2.58. The van der Waals surface area contributed by atoms with E-state index in [1.807, 2.05) is 13.8 Å². The van der Waals surface area contributed by atoms with Crippen LogP contribution in [-0.4, -0.2) is 35.8 Å². The van der Waals surface area contributed by atoms with Gasteiger partial charge in [0.15, 0.2) is 0 Å². The van der Waals surface area contributed by atoms with Crippen LogP contribution in [0.15, 0.2) is 24.3 Å². The maximum atomic E-state index is 13.6. The number of nitrogens with one attached hydrogen (secondary N) is 1. The first kappa shape index (κ1) is 15.5. The van der Waals surface area contributed by atoms with E-state index in [-0.39, 0.29) is 24.2 Å². The van der Waals surface area contributed by atoms with Crippen LogP contribution >= 0.6 is 0 Å². The van der Waals surface area contributed by atoms with Gasteiger partial charge in [-0.1, -0.05) is 32.0 Å². The van der Waals surface area contributed by atoms with Gasteiger partial charge in [0, 0.05) is 6.54 Å². The van der Waals surface area contributed by atoms with E-state index >= 15 is 0 Å². The van der Waals surface area contributed by atoms with Gasteiger partial charge in [0.25, 0.3) is 0 Å². The number of hydrogen-bond acceptors (Lipinski definition) is 2. The van der Waals surface area contributed by atoms with E-state index < -0.39 is 6.04 Å². The highest BCUT2D eigenvalue weighted by Crippen LogP contribution is 2.13. The summed E-state index contributed by atoms with van der Waals surface area (Å²) in [7, 11) is 0. The molecular weight excluding hydrogens is 271 g/mol. The molecule has 1 aliphatic heterocycles. The maximum Gasteiger partial charge on any atom is 0.245 e. The van der Waals surface area contributed by atoms with Crippen LogP contribution in [-0.2, 0) is 16.0 Å². The zero-order valence-electron chi connectivity index (χ0n) is 12.4. The minimum absolute atomic E-state index is 0.0574. The molecule has 1 aromatic rings. The zero-order chi connectivity index (χ0) is 15.4. The molecule has 1 fully saturated rings. The minimum Gasteiger partial charge on any atom is -0.343 e. The molecule has 0 bridgehead atoms. The van der Waals surface area contributed by atoms with Crippen LogP contribution in [0.3, 0.4) is 0 Å². The van der Waals surface area contributed by atoms with Gasteiger partial charge < -0.3 is 10.2 Å². The van der Waals surface area contributed by atoms with Gasteiger partial charge in [-0.05, 0) is 30.4 Å². The van der Waals surface area contributed by atoms with Gasteiger partial charge >= 0.3 is 0 Å². The first-order chi connectivity index (χ1) is 9.97. The Morgan fingerprint density at radius 1 is 1.33 bits per heavy atom. The second kappa shape index (κ2) is 6.70. The highest BCUT2D eigenvalue weighted by molar-refractivity contribution is 5.94. The van der Waals surface area contributed by atoms with E-state index in [4.69, 9.17) is 0 Å². The second-order valence-corrected chi connectivity index (χ2v) is 5.85. The number of amides is 2. The molecule has 0 aromatic heterocycles. The number of halogens is 1. The fraction of sp³-hybridized carbons (Fsp3) is 0.500. The standard InChI is InChI=1S/C16H21FN2O2/c1-11(2)9-14-16(21)19(10-15(20)18-14)8-7-12-5-3-4-6-13(12)17/h3-6,11,14H,7-10H2,1-2H3,(H,18,20). The third-order valence-corrected chi connectivity index (χ3v) is 3.60. The molecule has 0 aliphatic carbocycles. The van der Waals surface area contributed by atoms with E-state index in [2.05, 4.69) is 5.32 Å². The van der Waals surface area contributed by atoms with Crippen LogP contribution in [0, 0.1) is 11.7 Å². The molecule has 2 amide bonds. The number of piperazine rings is 1. The van der Waals surface area contributed by atoms with Gasteiger partial charge in [0.05, 0.1) is 6.54 Å². The number of hydrogen-bond donors (Lipinski definition) is 1. The van der Waals surface area contributed by atoms with Crippen LogP contribution < -0.4 is 5.32 Å². The Hall–Kier alpha value is -1.91. The van der Waals surface area contributed by atoms with Crippen LogP contribution in [0.2, 0.25) is 0 Å². The average Bonchev–Trinajstić information content (AvgIpc) is 2.42. The van der Waals surface area contributed by atoms with E-state index in [1.165, 1.54) is 11.0 Å². The van der Waals surface area contributed by atoms with Crippen molar-refractivity contribution in [1.29, 1.82) is 0 Å². The third kappa shape index (κ3) is 4.03. The van der Waals surface area contributed by atoms with Crippen LogP contribution in [0.25, 0.3) is 0 Å². The van der Waals surface area contributed by atoms with Crippen molar-refractivity contribution in [3.63, 3.8) is 0 Å². The van der Waals surface area contributed by atoms with Crippen molar-refractivity contribution < 1.29 is 14.0 Å². The summed E-state index contributed by atoms with van der Waals surface area (Å²) in [5.74, 6) is -0.163. The molecule has 0 radical (unpaired) electrons. The predicted octanol–water partition coefficient (Wildman–Crippen LogP) is 1.74. The fourth-order valence-corrected chi connectivity index (χ4v) is 2.55. The molecule has 1 unspecified atom stereocenters. The summed E-state index contributed by atoms with van der Waals surface area (Å²) in [6.45, 7) is 4.44.